The average Bonchev–Trinajstić information content (AvgIpc) is 3.50. The molecule has 4 rings (SSSR count). The van der Waals surface area contributed by atoms with E-state index in [2.05, 4.69) is 16.7 Å². The van der Waals surface area contributed by atoms with Crippen molar-refractivity contribution in [3.05, 3.63) is 36.0 Å². The highest BCUT2D eigenvalue weighted by Crippen LogP contribution is 2.33. The quantitative estimate of drug-likeness (QED) is 0.839. The SMILES string of the molecule is Cn1c(C(=O)N[C@H]2CCCC[C@H]2C(=O)N[C@H](C#N)C2CC2)cc2ccccc21. The van der Waals surface area contributed by atoms with Crippen LogP contribution < -0.4 is 10.6 Å². The predicted molar refractivity (Wildman–Crippen MR) is 106 cm³/mol. The molecule has 2 aliphatic rings. The maximum absolute atomic E-state index is 13.0. The van der Waals surface area contributed by atoms with Crippen molar-refractivity contribution in [3.8, 4) is 6.07 Å². The van der Waals surface area contributed by atoms with E-state index in [1.54, 1.807) is 0 Å². The molecule has 2 amide bonds. The second-order valence-electron chi connectivity index (χ2n) is 8.07. The first-order valence-corrected chi connectivity index (χ1v) is 10.1. The minimum absolute atomic E-state index is 0.0968. The van der Waals surface area contributed by atoms with Gasteiger partial charge in [-0.05, 0) is 43.7 Å². The van der Waals surface area contributed by atoms with E-state index in [4.69, 9.17) is 0 Å². The van der Waals surface area contributed by atoms with E-state index < -0.39 is 6.04 Å². The van der Waals surface area contributed by atoms with Crippen LogP contribution in [-0.4, -0.2) is 28.5 Å². The summed E-state index contributed by atoms with van der Waals surface area (Å²) in [5, 5.41) is 16.3. The molecule has 0 unspecified atom stereocenters. The molecule has 146 valence electrons. The largest absolute Gasteiger partial charge is 0.347 e. The van der Waals surface area contributed by atoms with Crippen LogP contribution in [-0.2, 0) is 11.8 Å². The van der Waals surface area contributed by atoms with Crippen molar-refractivity contribution in [2.45, 2.75) is 50.6 Å². The summed E-state index contributed by atoms with van der Waals surface area (Å²) in [6, 6.07) is 11.4. The summed E-state index contributed by atoms with van der Waals surface area (Å²) in [6.07, 6.45) is 5.51. The predicted octanol–water partition coefficient (Wildman–Crippen LogP) is 2.89. The molecule has 0 spiro atoms. The van der Waals surface area contributed by atoms with Gasteiger partial charge in [-0.25, -0.2) is 0 Å². The average molecular weight is 378 g/mol. The molecule has 3 atom stereocenters. The van der Waals surface area contributed by atoms with E-state index in [-0.39, 0.29) is 23.8 Å². The molecule has 1 aromatic carbocycles. The zero-order valence-electron chi connectivity index (χ0n) is 16.1. The normalized spacial score (nSPS) is 23.0. The fourth-order valence-electron chi connectivity index (χ4n) is 4.31. The standard InChI is InChI=1S/C22H26N4O2/c1-26-19-9-5-2-6-15(19)12-20(26)22(28)24-17-8-4-3-7-16(17)21(27)25-18(13-23)14-10-11-14/h2,5-6,9,12,14,16-18H,3-4,7-8,10-11H2,1H3,(H,24,28)(H,25,27)/t16-,17+,18-/m1/s1. The number of nitrogens with one attached hydrogen (secondary N) is 2. The van der Waals surface area contributed by atoms with E-state index >= 15 is 0 Å². The van der Waals surface area contributed by atoms with Gasteiger partial charge < -0.3 is 15.2 Å². The third-order valence-electron chi connectivity index (χ3n) is 6.13. The summed E-state index contributed by atoms with van der Waals surface area (Å²) in [5.74, 6) is -0.230. The maximum Gasteiger partial charge on any atom is 0.268 e. The number of hydrogen-bond donors (Lipinski definition) is 2. The highest BCUT2D eigenvalue weighted by Gasteiger charge is 2.37. The number of para-hydroxylation sites is 1. The van der Waals surface area contributed by atoms with Crippen molar-refractivity contribution in [3.63, 3.8) is 0 Å². The Morgan fingerprint density at radius 2 is 1.93 bits per heavy atom. The number of aryl methyl sites for hydroxylation is 1. The Kier molecular flexibility index (Phi) is 5.08. The Labute approximate surface area is 164 Å². The van der Waals surface area contributed by atoms with Crippen molar-refractivity contribution >= 4 is 22.7 Å². The first-order chi connectivity index (χ1) is 13.6. The fraction of sp³-hybridized carbons (Fsp3) is 0.500. The number of carbonyl (C=O) groups is 2. The summed E-state index contributed by atoms with van der Waals surface area (Å²) >= 11 is 0. The number of hydrogen-bond acceptors (Lipinski definition) is 3. The molecule has 2 aliphatic carbocycles. The molecule has 2 saturated carbocycles. The lowest BCUT2D eigenvalue weighted by molar-refractivity contribution is -0.127. The third kappa shape index (κ3) is 3.62. The first-order valence-electron chi connectivity index (χ1n) is 10.1. The Morgan fingerprint density at radius 3 is 2.64 bits per heavy atom. The topological polar surface area (TPSA) is 86.9 Å². The van der Waals surface area contributed by atoms with Gasteiger partial charge in [0.05, 0.1) is 12.0 Å². The summed E-state index contributed by atoms with van der Waals surface area (Å²) in [6.45, 7) is 0. The molecular weight excluding hydrogens is 352 g/mol. The van der Waals surface area contributed by atoms with Gasteiger partial charge in [0.15, 0.2) is 0 Å². The van der Waals surface area contributed by atoms with Crippen molar-refractivity contribution < 1.29 is 9.59 Å². The van der Waals surface area contributed by atoms with E-state index in [0.29, 0.717) is 11.6 Å². The molecule has 2 aromatic rings. The molecule has 6 nitrogen and oxygen atoms in total. The molecule has 6 heteroatoms. The van der Waals surface area contributed by atoms with Gasteiger partial charge in [0, 0.05) is 24.0 Å². The van der Waals surface area contributed by atoms with Crippen LogP contribution in [0.4, 0.5) is 0 Å². The van der Waals surface area contributed by atoms with Crippen LogP contribution in [0.25, 0.3) is 10.9 Å². The highest BCUT2D eigenvalue weighted by atomic mass is 16.2. The molecule has 1 heterocycles. The molecule has 0 saturated heterocycles. The van der Waals surface area contributed by atoms with Crippen LogP contribution in [0.3, 0.4) is 0 Å². The van der Waals surface area contributed by atoms with Gasteiger partial charge in [-0.3, -0.25) is 9.59 Å². The molecular formula is C22H26N4O2. The van der Waals surface area contributed by atoms with Gasteiger partial charge in [0.25, 0.3) is 5.91 Å². The minimum atomic E-state index is -0.399. The molecule has 0 bridgehead atoms. The maximum atomic E-state index is 13.0. The smallest absolute Gasteiger partial charge is 0.268 e. The number of aromatic nitrogens is 1. The number of nitriles is 1. The lowest BCUT2D eigenvalue weighted by Gasteiger charge is -2.31. The van der Waals surface area contributed by atoms with Crippen LogP contribution >= 0.6 is 0 Å². The molecule has 28 heavy (non-hydrogen) atoms. The van der Waals surface area contributed by atoms with Crippen LogP contribution in [0, 0.1) is 23.2 Å². The summed E-state index contributed by atoms with van der Waals surface area (Å²) < 4.78 is 1.89. The lowest BCUT2D eigenvalue weighted by Crippen LogP contribution is -2.50. The van der Waals surface area contributed by atoms with Crippen molar-refractivity contribution in [2.75, 3.05) is 0 Å². The second kappa shape index (κ2) is 7.67. The number of nitrogens with zero attached hydrogens (tertiary/aromatic N) is 2. The minimum Gasteiger partial charge on any atom is -0.347 e. The van der Waals surface area contributed by atoms with Crippen LogP contribution in [0.5, 0.6) is 0 Å². The second-order valence-corrected chi connectivity index (χ2v) is 8.07. The molecule has 2 N–H and O–H groups in total. The first kappa shape index (κ1) is 18.5. The number of benzene rings is 1. The Hall–Kier alpha value is -2.81. The van der Waals surface area contributed by atoms with Crippen LogP contribution in [0.15, 0.2) is 30.3 Å². The Morgan fingerprint density at radius 1 is 1.18 bits per heavy atom. The summed E-state index contributed by atoms with van der Waals surface area (Å²) in [7, 11) is 1.88. The van der Waals surface area contributed by atoms with Crippen molar-refractivity contribution in [2.24, 2.45) is 18.9 Å². The Balaban J connectivity index is 1.48. The van der Waals surface area contributed by atoms with Crippen molar-refractivity contribution in [1.82, 2.24) is 15.2 Å². The van der Waals surface area contributed by atoms with Crippen LogP contribution in [0.2, 0.25) is 0 Å². The third-order valence-corrected chi connectivity index (χ3v) is 6.13. The summed E-state index contributed by atoms with van der Waals surface area (Å²) in [5.41, 5.74) is 1.60. The van der Waals surface area contributed by atoms with E-state index in [9.17, 15) is 14.9 Å². The van der Waals surface area contributed by atoms with Crippen molar-refractivity contribution in [1.29, 1.82) is 5.26 Å². The Bertz CT molecular complexity index is 938. The highest BCUT2D eigenvalue weighted by molar-refractivity contribution is 5.99. The number of rotatable bonds is 5. The van der Waals surface area contributed by atoms with E-state index in [0.717, 1.165) is 49.4 Å². The molecule has 0 aliphatic heterocycles. The summed E-state index contributed by atoms with van der Waals surface area (Å²) in [4.78, 5) is 25.8. The number of carbonyl (C=O) groups excluding carboxylic acids is 2. The zero-order chi connectivity index (χ0) is 19.7. The van der Waals surface area contributed by atoms with E-state index in [1.807, 2.05) is 41.9 Å². The van der Waals surface area contributed by atoms with Gasteiger partial charge in [0.1, 0.15) is 11.7 Å². The molecule has 2 fully saturated rings. The van der Waals surface area contributed by atoms with Gasteiger partial charge in [-0.2, -0.15) is 5.26 Å². The van der Waals surface area contributed by atoms with Crippen LogP contribution in [0.1, 0.15) is 49.0 Å². The van der Waals surface area contributed by atoms with E-state index in [1.165, 1.54) is 0 Å². The molecule has 0 radical (unpaired) electrons. The fourth-order valence-corrected chi connectivity index (χ4v) is 4.31. The number of fused-ring (bicyclic) bond motifs is 1. The van der Waals surface area contributed by atoms with Gasteiger partial charge in [-0.1, -0.05) is 31.0 Å². The van der Waals surface area contributed by atoms with Gasteiger partial charge >= 0.3 is 0 Å². The molecule has 1 aromatic heterocycles. The number of amides is 2. The van der Waals surface area contributed by atoms with Gasteiger partial charge in [0.2, 0.25) is 5.91 Å². The zero-order valence-corrected chi connectivity index (χ0v) is 16.1. The van der Waals surface area contributed by atoms with Gasteiger partial charge in [-0.15, -0.1) is 0 Å². The lowest BCUT2D eigenvalue weighted by atomic mass is 9.83. The monoisotopic (exact) mass is 378 g/mol.